The van der Waals surface area contributed by atoms with Crippen molar-refractivity contribution in [1.82, 2.24) is 10.2 Å². The molecular weight excluding hydrogens is 402 g/mol. The van der Waals surface area contributed by atoms with E-state index in [2.05, 4.69) is 22.3 Å². The molecule has 31 heavy (non-hydrogen) atoms. The van der Waals surface area contributed by atoms with Crippen LogP contribution in [0.15, 0.2) is 42.5 Å². The lowest BCUT2D eigenvalue weighted by Crippen LogP contribution is -2.51. The third kappa shape index (κ3) is 6.74. The van der Waals surface area contributed by atoms with Gasteiger partial charge in [-0.1, -0.05) is 24.3 Å². The van der Waals surface area contributed by atoms with Crippen LogP contribution in [-0.4, -0.2) is 46.9 Å². The first kappa shape index (κ1) is 23.2. The third-order valence-corrected chi connectivity index (χ3v) is 5.27. The van der Waals surface area contributed by atoms with E-state index in [1.165, 1.54) is 11.1 Å². The van der Waals surface area contributed by atoms with Gasteiger partial charge in [-0.15, -0.1) is 0 Å². The molecule has 0 radical (unpaired) electrons. The van der Waals surface area contributed by atoms with Crippen molar-refractivity contribution in [2.24, 2.45) is 0 Å². The molecule has 2 atom stereocenters. The molecule has 2 aromatic rings. The Morgan fingerprint density at radius 1 is 1.19 bits per heavy atom. The fourth-order valence-corrected chi connectivity index (χ4v) is 3.78. The molecule has 2 aromatic carbocycles. The summed E-state index contributed by atoms with van der Waals surface area (Å²) in [6.07, 6.45) is -0.905. The van der Waals surface area contributed by atoms with Gasteiger partial charge in [0.15, 0.2) is 0 Å². The zero-order chi connectivity index (χ0) is 22.6. The summed E-state index contributed by atoms with van der Waals surface area (Å²) in [5.74, 6) is -1.16. The van der Waals surface area contributed by atoms with Gasteiger partial charge in [0.05, 0.1) is 12.1 Å². The van der Waals surface area contributed by atoms with Gasteiger partial charge in [0.2, 0.25) is 0 Å². The fourth-order valence-electron chi connectivity index (χ4n) is 3.78. The number of benzene rings is 2. The van der Waals surface area contributed by atoms with Crippen molar-refractivity contribution in [1.29, 1.82) is 0 Å². The van der Waals surface area contributed by atoms with E-state index in [0.29, 0.717) is 6.54 Å². The van der Waals surface area contributed by atoms with Gasteiger partial charge in [-0.2, -0.15) is 0 Å². The zero-order valence-electron chi connectivity index (χ0n) is 18.2. The minimum Gasteiger partial charge on any atom is -0.444 e. The number of aliphatic hydroxyl groups is 1. The van der Waals surface area contributed by atoms with Gasteiger partial charge in [-0.25, -0.2) is 13.6 Å². The summed E-state index contributed by atoms with van der Waals surface area (Å²) in [4.78, 5) is 14.4. The molecule has 0 bridgehead atoms. The molecule has 0 aromatic heterocycles. The topological polar surface area (TPSA) is 61.8 Å². The van der Waals surface area contributed by atoms with Gasteiger partial charge in [-0.3, -0.25) is 4.90 Å². The van der Waals surface area contributed by atoms with Crippen LogP contribution in [0.2, 0.25) is 0 Å². The van der Waals surface area contributed by atoms with Crippen LogP contribution in [-0.2, 0) is 24.1 Å². The number of aliphatic hydroxyl groups excluding tert-OH is 1. The van der Waals surface area contributed by atoms with E-state index < -0.39 is 35.5 Å². The second kappa shape index (κ2) is 9.75. The maximum atomic E-state index is 14.2. The molecule has 0 saturated carbocycles. The number of amides is 1. The number of nitrogens with one attached hydrogen (secondary N) is 1. The summed E-state index contributed by atoms with van der Waals surface area (Å²) in [6.45, 7) is 6.92. The second-order valence-electron chi connectivity index (χ2n) is 9.01. The fraction of sp³-hybridized carbons (Fsp3) is 0.458. The Labute approximate surface area is 182 Å². The van der Waals surface area contributed by atoms with Crippen LogP contribution in [0.1, 0.15) is 37.5 Å². The van der Waals surface area contributed by atoms with Crippen molar-refractivity contribution in [3.05, 3.63) is 70.8 Å². The molecule has 1 heterocycles. The summed E-state index contributed by atoms with van der Waals surface area (Å²) in [6, 6.07) is 10.5. The van der Waals surface area contributed by atoms with Crippen LogP contribution in [0.25, 0.3) is 0 Å². The predicted octanol–water partition coefficient (Wildman–Crippen LogP) is 3.82. The number of β-amino-alcohol motifs (C(OH)–C–C–N with tert-alkyl or cyclic N) is 1. The summed E-state index contributed by atoms with van der Waals surface area (Å²) in [7, 11) is 0. The first-order chi connectivity index (χ1) is 14.6. The van der Waals surface area contributed by atoms with Crippen LogP contribution < -0.4 is 5.32 Å². The number of halogens is 2. The summed E-state index contributed by atoms with van der Waals surface area (Å²) >= 11 is 0. The Balaban J connectivity index is 1.73. The minimum absolute atomic E-state index is 0.0611. The van der Waals surface area contributed by atoms with Crippen LogP contribution in [0.3, 0.4) is 0 Å². The van der Waals surface area contributed by atoms with E-state index in [-0.39, 0.29) is 18.5 Å². The molecule has 0 saturated heterocycles. The monoisotopic (exact) mass is 432 g/mol. The number of nitrogens with zero attached hydrogens (tertiary/aromatic N) is 1. The average molecular weight is 433 g/mol. The van der Waals surface area contributed by atoms with Crippen molar-refractivity contribution in [3.63, 3.8) is 0 Å². The number of rotatable bonds is 6. The van der Waals surface area contributed by atoms with E-state index in [9.17, 15) is 18.7 Å². The van der Waals surface area contributed by atoms with E-state index in [4.69, 9.17) is 4.74 Å². The van der Waals surface area contributed by atoms with Crippen molar-refractivity contribution in [2.75, 3.05) is 13.1 Å². The predicted molar refractivity (Wildman–Crippen MR) is 115 cm³/mol. The highest BCUT2D eigenvalue weighted by atomic mass is 19.1. The van der Waals surface area contributed by atoms with Gasteiger partial charge < -0.3 is 15.2 Å². The number of ether oxygens (including phenoxy) is 1. The maximum absolute atomic E-state index is 14.2. The molecular formula is C24H30F2N2O3. The SMILES string of the molecule is CC(C)(C)OC(=O)N[C@H](Cc1cc(F)ccc1F)[C@H](O)CN1CCc2ccccc2C1. The van der Waals surface area contributed by atoms with E-state index in [0.717, 1.165) is 31.2 Å². The van der Waals surface area contributed by atoms with Crippen molar-refractivity contribution in [2.45, 2.75) is 57.9 Å². The maximum Gasteiger partial charge on any atom is 0.407 e. The lowest BCUT2D eigenvalue weighted by molar-refractivity contribution is 0.0353. The Morgan fingerprint density at radius 2 is 1.90 bits per heavy atom. The molecule has 168 valence electrons. The van der Waals surface area contributed by atoms with Gasteiger partial charge in [-0.05, 0) is 68.5 Å². The Kier molecular flexibility index (Phi) is 7.28. The molecule has 5 nitrogen and oxygen atoms in total. The molecule has 2 N–H and O–H groups in total. The van der Waals surface area contributed by atoms with Gasteiger partial charge >= 0.3 is 6.09 Å². The molecule has 0 unspecified atom stereocenters. The second-order valence-corrected chi connectivity index (χ2v) is 9.01. The molecule has 0 spiro atoms. The first-order valence-corrected chi connectivity index (χ1v) is 10.5. The van der Waals surface area contributed by atoms with Crippen molar-refractivity contribution >= 4 is 6.09 Å². The third-order valence-electron chi connectivity index (χ3n) is 5.27. The summed E-state index contributed by atoms with van der Waals surface area (Å²) in [5.41, 5.74) is 1.86. The first-order valence-electron chi connectivity index (χ1n) is 10.5. The average Bonchev–Trinajstić information content (AvgIpc) is 2.68. The van der Waals surface area contributed by atoms with Crippen LogP contribution in [0, 0.1) is 11.6 Å². The molecule has 3 rings (SSSR count). The molecule has 7 heteroatoms. The number of hydrogen-bond acceptors (Lipinski definition) is 4. The lowest BCUT2D eigenvalue weighted by Gasteiger charge is -2.33. The lowest BCUT2D eigenvalue weighted by atomic mass is 9.97. The van der Waals surface area contributed by atoms with E-state index in [1.54, 1.807) is 20.8 Å². The molecule has 1 aliphatic heterocycles. The quantitative estimate of drug-likeness (QED) is 0.729. The largest absolute Gasteiger partial charge is 0.444 e. The number of alkyl carbamates (subject to hydrolysis) is 1. The molecule has 0 aliphatic carbocycles. The van der Waals surface area contributed by atoms with Crippen molar-refractivity contribution in [3.8, 4) is 0 Å². The number of hydrogen-bond donors (Lipinski definition) is 2. The highest BCUT2D eigenvalue weighted by Crippen LogP contribution is 2.20. The number of carbonyl (C=O) groups excluding carboxylic acids is 1. The molecule has 1 aliphatic rings. The van der Waals surface area contributed by atoms with Gasteiger partial charge in [0.1, 0.15) is 17.2 Å². The Hall–Kier alpha value is -2.51. The summed E-state index contributed by atoms with van der Waals surface area (Å²) in [5, 5.41) is 13.6. The van der Waals surface area contributed by atoms with E-state index >= 15 is 0 Å². The van der Waals surface area contributed by atoms with Crippen molar-refractivity contribution < 1.29 is 23.4 Å². The van der Waals surface area contributed by atoms with Crippen LogP contribution in [0.4, 0.5) is 13.6 Å². The van der Waals surface area contributed by atoms with Gasteiger partial charge in [0.25, 0.3) is 0 Å². The zero-order valence-corrected chi connectivity index (χ0v) is 18.2. The number of fused-ring (bicyclic) bond motifs is 1. The highest BCUT2D eigenvalue weighted by molar-refractivity contribution is 5.68. The Morgan fingerprint density at radius 3 is 2.61 bits per heavy atom. The standard InChI is InChI=1S/C24H30F2N2O3/c1-24(2,3)31-23(30)27-21(13-18-12-19(25)8-9-20(18)26)22(29)15-28-11-10-16-6-4-5-7-17(16)14-28/h4-9,12,21-22,29H,10-11,13-15H2,1-3H3,(H,27,30)/t21-,22-/m1/s1. The molecule has 1 amide bonds. The normalized spacial score (nSPS) is 16.3. The van der Waals surface area contributed by atoms with Crippen LogP contribution >= 0.6 is 0 Å². The molecule has 0 fully saturated rings. The summed E-state index contributed by atoms with van der Waals surface area (Å²) < 4.78 is 33.2. The minimum atomic E-state index is -1.000. The highest BCUT2D eigenvalue weighted by Gasteiger charge is 2.28. The number of carbonyl (C=O) groups is 1. The van der Waals surface area contributed by atoms with Crippen LogP contribution in [0.5, 0.6) is 0 Å². The van der Waals surface area contributed by atoms with E-state index in [1.807, 2.05) is 12.1 Å². The van der Waals surface area contributed by atoms with Gasteiger partial charge in [0, 0.05) is 19.6 Å². The Bertz CT molecular complexity index is 914. The smallest absolute Gasteiger partial charge is 0.407 e.